The minimum Gasteiger partial charge on any atom is -0.396 e. The molecule has 0 amide bonds. The van der Waals surface area contributed by atoms with Crippen LogP contribution in [0, 0.1) is 12.8 Å². The Morgan fingerprint density at radius 2 is 2.38 bits per heavy atom. The van der Waals surface area contributed by atoms with Gasteiger partial charge in [0.1, 0.15) is 0 Å². The molecule has 0 saturated heterocycles. The van der Waals surface area contributed by atoms with Crippen molar-refractivity contribution in [2.75, 3.05) is 12.4 Å². The van der Waals surface area contributed by atoms with Crippen LogP contribution in [0.15, 0.2) is 17.4 Å². The van der Waals surface area contributed by atoms with Crippen molar-refractivity contribution in [1.29, 1.82) is 0 Å². The summed E-state index contributed by atoms with van der Waals surface area (Å²) in [5.41, 5.74) is 0.981. The molecule has 72 valence electrons. The molecule has 0 aromatic carbocycles. The summed E-state index contributed by atoms with van der Waals surface area (Å²) in [6, 6.07) is 1.87. The lowest BCUT2D eigenvalue weighted by Crippen LogP contribution is -2.04. The fourth-order valence-corrected chi connectivity index (χ4v) is 1.65. The Bertz CT molecular complexity index is 268. The SMILES string of the molecule is Cc1ccnc(SCC(C)CO)n1. The second-order valence-corrected chi connectivity index (χ2v) is 4.07. The molecule has 0 bridgehead atoms. The quantitative estimate of drug-likeness (QED) is 0.588. The van der Waals surface area contributed by atoms with Gasteiger partial charge in [0.05, 0.1) is 0 Å². The zero-order valence-electron chi connectivity index (χ0n) is 7.90. The third-order valence-corrected chi connectivity index (χ3v) is 2.77. The maximum Gasteiger partial charge on any atom is 0.187 e. The minimum atomic E-state index is 0.221. The van der Waals surface area contributed by atoms with E-state index >= 15 is 0 Å². The molecule has 0 saturated carbocycles. The first-order valence-electron chi connectivity index (χ1n) is 4.25. The van der Waals surface area contributed by atoms with Gasteiger partial charge in [-0.1, -0.05) is 18.7 Å². The van der Waals surface area contributed by atoms with Gasteiger partial charge in [-0.3, -0.25) is 0 Å². The molecule has 1 atom stereocenters. The second-order valence-electron chi connectivity index (χ2n) is 3.08. The first-order chi connectivity index (χ1) is 6.22. The van der Waals surface area contributed by atoms with Crippen molar-refractivity contribution in [3.8, 4) is 0 Å². The summed E-state index contributed by atoms with van der Waals surface area (Å²) in [6.07, 6.45) is 1.76. The van der Waals surface area contributed by atoms with Gasteiger partial charge >= 0.3 is 0 Å². The molecule has 1 rings (SSSR count). The summed E-state index contributed by atoms with van der Waals surface area (Å²) in [5, 5.41) is 9.61. The molecule has 3 nitrogen and oxygen atoms in total. The summed E-state index contributed by atoms with van der Waals surface area (Å²) < 4.78 is 0. The van der Waals surface area contributed by atoms with Gasteiger partial charge in [0.15, 0.2) is 5.16 Å². The fraction of sp³-hybridized carbons (Fsp3) is 0.556. The Kier molecular flexibility index (Phi) is 4.18. The highest BCUT2D eigenvalue weighted by Gasteiger charge is 2.02. The Hall–Kier alpha value is -0.610. The third-order valence-electron chi connectivity index (χ3n) is 1.58. The number of hydrogen-bond donors (Lipinski definition) is 1. The van der Waals surface area contributed by atoms with Crippen molar-refractivity contribution >= 4 is 11.8 Å². The van der Waals surface area contributed by atoms with E-state index in [0.29, 0.717) is 5.92 Å². The molecule has 1 N–H and O–H groups in total. The van der Waals surface area contributed by atoms with E-state index in [4.69, 9.17) is 5.11 Å². The van der Waals surface area contributed by atoms with E-state index in [9.17, 15) is 0 Å². The lowest BCUT2D eigenvalue weighted by atomic mass is 10.2. The molecular weight excluding hydrogens is 184 g/mol. The molecule has 0 fully saturated rings. The number of rotatable bonds is 4. The van der Waals surface area contributed by atoms with E-state index in [1.54, 1.807) is 18.0 Å². The highest BCUT2D eigenvalue weighted by atomic mass is 32.2. The molecule has 1 aromatic rings. The van der Waals surface area contributed by atoms with Crippen molar-refractivity contribution in [1.82, 2.24) is 9.97 Å². The van der Waals surface area contributed by atoms with E-state index in [1.807, 2.05) is 19.9 Å². The van der Waals surface area contributed by atoms with Crippen LogP contribution in [-0.2, 0) is 0 Å². The van der Waals surface area contributed by atoms with Crippen molar-refractivity contribution in [2.24, 2.45) is 5.92 Å². The zero-order valence-corrected chi connectivity index (χ0v) is 8.71. The number of aliphatic hydroxyl groups is 1. The number of hydrogen-bond acceptors (Lipinski definition) is 4. The fourth-order valence-electron chi connectivity index (χ4n) is 0.765. The van der Waals surface area contributed by atoms with Crippen LogP contribution in [0.25, 0.3) is 0 Å². The number of nitrogens with zero attached hydrogens (tertiary/aromatic N) is 2. The maximum absolute atomic E-state index is 8.81. The van der Waals surface area contributed by atoms with Crippen LogP contribution >= 0.6 is 11.8 Å². The van der Waals surface area contributed by atoms with Gasteiger partial charge in [-0.2, -0.15) is 0 Å². The van der Waals surface area contributed by atoms with E-state index < -0.39 is 0 Å². The Morgan fingerprint density at radius 3 is 3.00 bits per heavy atom. The predicted molar refractivity (Wildman–Crippen MR) is 53.7 cm³/mol. The Morgan fingerprint density at radius 1 is 1.62 bits per heavy atom. The van der Waals surface area contributed by atoms with Crippen molar-refractivity contribution in [3.63, 3.8) is 0 Å². The summed E-state index contributed by atoms with van der Waals surface area (Å²) in [7, 11) is 0. The average molecular weight is 198 g/mol. The Balaban J connectivity index is 2.45. The highest BCUT2D eigenvalue weighted by Crippen LogP contribution is 2.15. The lowest BCUT2D eigenvalue weighted by molar-refractivity contribution is 0.250. The van der Waals surface area contributed by atoms with E-state index in [-0.39, 0.29) is 6.61 Å². The van der Waals surface area contributed by atoms with Crippen molar-refractivity contribution < 1.29 is 5.11 Å². The Labute approximate surface area is 82.6 Å². The standard InChI is InChI=1S/C9H14N2OS/c1-7(5-12)6-13-9-10-4-3-8(2)11-9/h3-4,7,12H,5-6H2,1-2H3. The van der Waals surface area contributed by atoms with Gasteiger partial charge in [0, 0.05) is 24.3 Å². The average Bonchev–Trinajstić information content (AvgIpc) is 2.14. The number of aromatic nitrogens is 2. The third kappa shape index (κ3) is 3.74. The predicted octanol–water partition coefficient (Wildman–Crippen LogP) is 1.51. The van der Waals surface area contributed by atoms with Crippen molar-refractivity contribution in [2.45, 2.75) is 19.0 Å². The topological polar surface area (TPSA) is 46.0 Å². The molecule has 1 heterocycles. The maximum atomic E-state index is 8.81. The van der Waals surface area contributed by atoms with E-state index in [1.165, 1.54) is 0 Å². The van der Waals surface area contributed by atoms with Gasteiger partial charge < -0.3 is 5.11 Å². The zero-order chi connectivity index (χ0) is 9.68. The highest BCUT2D eigenvalue weighted by molar-refractivity contribution is 7.99. The number of aryl methyl sites for hydroxylation is 1. The van der Waals surface area contributed by atoms with Gasteiger partial charge in [0.25, 0.3) is 0 Å². The van der Waals surface area contributed by atoms with Crippen LogP contribution in [0.1, 0.15) is 12.6 Å². The molecule has 0 radical (unpaired) electrons. The summed E-state index contributed by atoms with van der Waals surface area (Å²) in [4.78, 5) is 8.37. The molecule has 1 aromatic heterocycles. The van der Waals surface area contributed by atoms with Crippen LogP contribution in [0.5, 0.6) is 0 Å². The number of thioether (sulfide) groups is 1. The molecule has 4 heteroatoms. The molecule has 0 aliphatic rings. The monoisotopic (exact) mass is 198 g/mol. The van der Waals surface area contributed by atoms with E-state index in [0.717, 1.165) is 16.6 Å². The lowest BCUT2D eigenvalue weighted by Gasteiger charge is -2.05. The summed E-state index contributed by atoms with van der Waals surface area (Å²) >= 11 is 1.59. The molecule has 13 heavy (non-hydrogen) atoms. The summed E-state index contributed by atoms with van der Waals surface area (Å²) in [6.45, 7) is 4.17. The van der Waals surface area contributed by atoms with Gasteiger partial charge in [-0.25, -0.2) is 9.97 Å². The summed E-state index contributed by atoms with van der Waals surface area (Å²) in [5.74, 6) is 1.16. The van der Waals surface area contributed by atoms with Gasteiger partial charge in [-0.05, 0) is 18.9 Å². The smallest absolute Gasteiger partial charge is 0.187 e. The normalized spacial score (nSPS) is 12.8. The van der Waals surface area contributed by atoms with Crippen LogP contribution in [0.4, 0.5) is 0 Å². The van der Waals surface area contributed by atoms with Crippen molar-refractivity contribution in [3.05, 3.63) is 18.0 Å². The molecular formula is C9H14N2OS. The first kappa shape index (κ1) is 10.5. The largest absolute Gasteiger partial charge is 0.396 e. The first-order valence-corrected chi connectivity index (χ1v) is 5.24. The molecule has 0 aliphatic carbocycles. The van der Waals surface area contributed by atoms with Gasteiger partial charge in [-0.15, -0.1) is 0 Å². The molecule has 1 unspecified atom stereocenters. The van der Waals surface area contributed by atoms with E-state index in [2.05, 4.69) is 9.97 Å². The minimum absolute atomic E-state index is 0.221. The molecule has 0 spiro atoms. The van der Waals surface area contributed by atoms with Crippen LogP contribution in [0.2, 0.25) is 0 Å². The van der Waals surface area contributed by atoms with Crippen LogP contribution < -0.4 is 0 Å². The van der Waals surface area contributed by atoms with Gasteiger partial charge in [0.2, 0.25) is 0 Å². The number of aliphatic hydroxyl groups excluding tert-OH is 1. The van der Waals surface area contributed by atoms with Crippen LogP contribution in [0.3, 0.4) is 0 Å². The van der Waals surface area contributed by atoms with Crippen LogP contribution in [-0.4, -0.2) is 27.4 Å². The second kappa shape index (κ2) is 5.19. The molecule has 0 aliphatic heterocycles.